The number of ether oxygens (including phenoxy) is 1. The molecule has 0 aliphatic heterocycles. The molecule has 3 heteroatoms. The number of rotatable bonds is 6. The van der Waals surface area contributed by atoms with Crippen LogP contribution in [0.5, 0.6) is 0 Å². The topological polar surface area (TPSA) is 38.3 Å². The van der Waals surface area contributed by atoms with E-state index in [1.165, 1.54) is 26.4 Å². The smallest absolute Gasteiger partial charge is 0.305 e. The van der Waals surface area contributed by atoms with Gasteiger partial charge in [-0.05, 0) is 32.1 Å². The Hall–Kier alpha value is -0.990. The van der Waals surface area contributed by atoms with Crippen molar-refractivity contribution in [2.75, 3.05) is 7.11 Å². The maximum Gasteiger partial charge on any atom is 0.305 e. The largest absolute Gasteiger partial charge is 0.469 e. The summed E-state index contributed by atoms with van der Waals surface area (Å²) < 4.78 is 4.65. The summed E-state index contributed by atoms with van der Waals surface area (Å²) in [4.78, 5) is 11.1. The van der Waals surface area contributed by atoms with Crippen molar-refractivity contribution in [3.63, 3.8) is 0 Å². The van der Waals surface area contributed by atoms with Gasteiger partial charge >= 0.3 is 5.97 Å². The molecule has 1 fully saturated rings. The van der Waals surface area contributed by atoms with Crippen LogP contribution in [0.1, 0.15) is 39.0 Å². The first-order valence-electron chi connectivity index (χ1n) is 5.62. The highest BCUT2D eigenvalue weighted by Gasteiger charge is 2.27. The maximum absolute atomic E-state index is 11.1. The van der Waals surface area contributed by atoms with E-state index in [9.17, 15) is 4.79 Å². The van der Waals surface area contributed by atoms with Gasteiger partial charge in [0.1, 0.15) is 0 Å². The molecule has 0 spiro atoms. The number of carbonyl (C=O) groups excluding carboxylic acids is 1. The predicted octanol–water partition coefficient (Wildman–Crippen LogP) is 2.23. The Morgan fingerprint density at radius 2 is 2.27 bits per heavy atom. The Kier molecular flexibility index (Phi) is 4.66. The molecule has 1 aliphatic rings. The van der Waals surface area contributed by atoms with Crippen LogP contribution in [0, 0.1) is 5.92 Å². The highest BCUT2D eigenvalue weighted by Crippen LogP contribution is 2.31. The molecule has 0 radical (unpaired) electrons. The fourth-order valence-electron chi connectivity index (χ4n) is 1.96. The minimum absolute atomic E-state index is 0.122. The van der Waals surface area contributed by atoms with E-state index >= 15 is 0 Å². The van der Waals surface area contributed by atoms with Crippen molar-refractivity contribution in [2.24, 2.45) is 5.92 Å². The summed E-state index contributed by atoms with van der Waals surface area (Å²) in [5.41, 5.74) is 0.983. The third kappa shape index (κ3) is 3.94. The van der Waals surface area contributed by atoms with Crippen molar-refractivity contribution in [3.05, 3.63) is 12.3 Å². The molecule has 3 nitrogen and oxygen atoms in total. The van der Waals surface area contributed by atoms with Crippen molar-refractivity contribution in [3.8, 4) is 0 Å². The molecule has 0 amide bonds. The zero-order valence-electron chi connectivity index (χ0n) is 9.71. The molecule has 15 heavy (non-hydrogen) atoms. The summed E-state index contributed by atoms with van der Waals surface area (Å²) in [6.45, 7) is 5.82. The van der Waals surface area contributed by atoms with Gasteiger partial charge in [0.2, 0.25) is 0 Å². The average Bonchev–Trinajstić information content (AvgIpc) is 2.09. The van der Waals surface area contributed by atoms with Crippen molar-refractivity contribution >= 4 is 5.97 Å². The summed E-state index contributed by atoms with van der Waals surface area (Å²) in [6, 6.07) is 0.398. The molecular formula is C12H21NO2. The van der Waals surface area contributed by atoms with Gasteiger partial charge < -0.3 is 10.1 Å². The number of esters is 1. The molecule has 1 aliphatic carbocycles. The van der Waals surface area contributed by atoms with E-state index in [0.717, 1.165) is 12.1 Å². The van der Waals surface area contributed by atoms with Gasteiger partial charge in [0, 0.05) is 18.2 Å². The van der Waals surface area contributed by atoms with Crippen molar-refractivity contribution in [2.45, 2.75) is 45.1 Å². The lowest BCUT2D eigenvalue weighted by Gasteiger charge is -2.35. The first kappa shape index (κ1) is 12.1. The molecule has 0 aromatic rings. The Balaban J connectivity index is 2.34. The number of methoxy groups -OCH3 is 1. The number of carbonyl (C=O) groups is 1. The molecule has 0 aromatic carbocycles. The standard InChI is InChI=1S/C12H21NO2/c1-9(2)13-11(10-5-4-6-10)7-8-12(14)15-3/h10-11,13H,1,4-8H2,2-3H3. The summed E-state index contributed by atoms with van der Waals surface area (Å²) in [5.74, 6) is 0.592. The third-order valence-corrected chi connectivity index (χ3v) is 3.04. The van der Waals surface area contributed by atoms with Crippen LogP contribution < -0.4 is 5.32 Å². The van der Waals surface area contributed by atoms with Crippen LogP contribution in [0.4, 0.5) is 0 Å². The van der Waals surface area contributed by atoms with E-state index in [1.807, 2.05) is 6.92 Å². The molecule has 1 saturated carbocycles. The van der Waals surface area contributed by atoms with Crippen LogP contribution in [0.15, 0.2) is 12.3 Å². The highest BCUT2D eigenvalue weighted by molar-refractivity contribution is 5.69. The number of hydrogen-bond acceptors (Lipinski definition) is 3. The van der Waals surface area contributed by atoms with Gasteiger partial charge in [0.25, 0.3) is 0 Å². The first-order valence-corrected chi connectivity index (χ1v) is 5.62. The summed E-state index contributed by atoms with van der Waals surface area (Å²) in [5, 5.41) is 3.36. The Morgan fingerprint density at radius 1 is 1.60 bits per heavy atom. The second-order valence-corrected chi connectivity index (χ2v) is 4.34. The Labute approximate surface area is 91.9 Å². The van der Waals surface area contributed by atoms with E-state index < -0.39 is 0 Å². The summed E-state index contributed by atoms with van der Waals surface area (Å²) >= 11 is 0. The SMILES string of the molecule is C=C(C)NC(CCC(=O)OC)C1CCC1. The zero-order valence-corrected chi connectivity index (χ0v) is 9.71. The quantitative estimate of drug-likeness (QED) is 0.685. The number of allylic oxidation sites excluding steroid dienone is 1. The predicted molar refractivity (Wildman–Crippen MR) is 60.3 cm³/mol. The molecule has 86 valence electrons. The van der Waals surface area contributed by atoms with Gasteiger partial charge in [-0.2, -0.15) is 0 Å². The minimum Gasteiger partial charge on any atom is -0.469 e. The summed E-state index contributed by atoms with van der Waals surface area (Å²) in [6.07, 6.45) is 5.21. The second-order valence-electron chi connectivity index (χ2n) is 4.34. The van der Waals surface area contributed by atoms with Crippen LogP contribution in [0.2, 0.25) is 0 Å². The zero-order chi connectivity index (χ0) is 11.3. The normalized spacial score (nSPS) is 17.7. The molecule has 1 N–H and O–H groups in total. The fraction of sp³-hybridized carbons (Fsp3) is 0.750. The monoisotopic (exact) mass is 211 g/mol. The number of nitrogens with one attached hydrogen (secondary N) is 1. The summed E-state index contributed by atoms with van der Waals surface area (Å²) in [7, 11) is 1.44. The first-order chi connectivity index (χ1) is 7.13. The van der Waals surface area contributed by atoms with E-state index in [-0.39, 0.29) is 5.97 Å². The van der Waals surface area contributed by atoms with Gasteiger partial charge in [-0.1, -0.05) is 13.0 Å². The van der Waals surface area contributed by atoms with Crippen molar-refractivity contribution in [1.29, 1.82) is 0 Å². The number of hydrogen-bond donors (Lipinski definition) is 1. The van der Waals surface area contributed by atoms with Crippen LogP contribution >= 0.6 is 0 Å². The van der Waals surface area contributed by atoms with Crippen LogP contribution in [-0.4, -0.2) is 19.1 Å². The molecule has 0 bridgehead atoms. The maximum atomic E-state index is 11.1. The third-order valence-electron chi connectivity index (χ3n) is 3.04. The van der Waals surface area contributed by atoms with E-state index in [0.29, 0.717) is 18.4 Å². The average molecular weight is 211 g/mol. The van der Waals surface area contributed by atoms with E-state index in [2.05, 4.69) is 16.6 Å². The van der Waals surface area contributed by atoms with Crippen molar-refractivity contribution < 1.29 is 9.53 Å². The molecule has 1 atom stereocenters. The second kappa shape index (κ2) is 5.79. The molecule has 1 rings (SSSR count). The Morgan fingerprint density at radius 3 is 2.67 bits per heavy atom. The lowest BCUT2D eigenvalue weighted by atomic mass is 9.78. The van der Waals surface area contributed by atoms with Gasteiger partial charge in [-0.25, -0.2) is 0 Å². The van der Waals surface area contributed by atoms with Crippen LogP contribution in [-0.2, 0) is 9.53 Å². The highest BCUT2D eigenvalue weighted by atomic mass is 16.5. The molecular weight excluding hydrogens is 190 g/mol. The van der Waals surface area contributed by atoms with Crippen LogP contribution in [0.25, 0.3) is 0 Å². The van der Waals surface area contributed by atoms with Gasteiger partial charge in [0.15, 0.2) is 0 Å². The molecule has 0 heterocycles. The van der Waals surface area contributed by atoms with E-state index in [1.54, 1.807) is 0 Å². The minimum atomic E-state index is -0.122. The molecule has 0 saturated heterocycles. The fourth-order valence-corrected chi connectivity index (χ4v) is 1.96. The molecule has 1 unspecified atom stereocenters. The van der Waals surface area contributed by atoms with E-state index in [4.69, 9.17) is 0 Å². The lowest BCUT2D eigenvalue weighted by Crippen LogP contribution is -2.38. The van der Waals surface area contributed by atoms with Crippen LogP contribution in [0.3, 0.4) is 0 Å². The van der Waals surface area contributed by atoms with Gasteiger partial charge in [-0.3, -0.25) is 4.79 Å². The van der Waals surface area contributed by atoms with Gasteiger partial charge in [-0.15, -0.1) is 0 Å². The molecule has 0 aromatic heterocycles. The van der Waals surface area contributed by atoms with Crippen molar-refractivity contribution in [1.82, 2.24) is 5.32 Å². The Bertz CT molecular complexity index is 234. The lowest BCUT2D eigenvalue weighted by molar-refractivity contribution is -0.140. The van der Waals surface area contributed by atoms with Gasteiger partial charge in [0.05, 0.1) is 7.11 Å².